The van der Waals surface area contributed by atoms with Gasteiger partial charge in [-0.1, -0.05) is 30.8 Å². The van der Waals surface area contributed by atoms with Crippen LogP contribution in [0.25, 0.3) is 22.0 Å². The van der Waals surface area contributed by atoms with Crippen LogP contribution in [0.3, 0.4) is 0 Å². The molecule has 0 radical (unpaired) electrons. The number of carbonyl (C=O) groups is 1. The zero-order valence-corrected chi connectivity index (χ0v) is 20.8. The van der Waals surface area contributed by atoms with Crippen molar-refractivity contribution in [3.05, 3.63) is 85.0 Å². The molecule has 8 heteroatoms. The fraction of sp³-hybridized carbons (Fsp3) is 0.207. The van der Waals surface area contributed by atoms with Gasteiger partial charge in [0.15, 0.2) is 0 Å². The number of anilines is 3. The summed E-state index contributed by atoms with van der Waals surface area (Å²) in [6.45, 7) is 7.18. The number of aromatic nitrogens is 2. The van der Waals surface area contributed by atoms with Crippen LogP contribution in [-0.4, -0.2) is 47.0 Å². The average Bonchev–Trinajstić information content (AvgIpc) is 3.29. The molecule has 3 aromatic carbocycles. The summed E-state index contributed by atoms with van der Waals surface area (Å²) in [6.07, 6.45) is 3.61. The molecule has 1 aliphatic rings. The fourth-order valence-electron chi connectivity index (χ4n) is 4.49. The van der Waals surface area contributed by atoms with Crippen LogP contribution < -0.4 is 15.4 Å². The third kappa shape index (κ3) is 5.44. The number of amides is 1. The summed E-state index contributed by atoms with van der Waals surface area (Å²) in [4.78, 5) is 23.3. The number of benzene rings is 3. The molecular weight excluding hydrogens is 469 g/mol. The Bertz CT molecular complexity index is 1490. The highest BCUT2D eigenvalue weighted by atomic mass is 19.1. The molecule has 0 saturated carbocycles. The molecule has 4 aromatic rings. The minimum Gasteiger partial charge on any atom is -0.487 e. The Balaban J connectivity index is 1.50. The molecule has 7 nitrogen and oxygen atoms in total. The third-order valence-corrected chi connectivity index (χ3v) is 6.38. The molecule has 5 rings (SSSR count). The minimum atomic E-state index is -0.341. The van der Waals surface area contributed by atoms with E-state index in [0.29, 0.717) is 33.7 Å². The van der Waals surface area contributed by atoms with Gasteiger partial charge in [0.05, 0.1) is 11.2 Å². The number of likely N-dealkylation sites (N-methyl/N-ethyl adjacent to an activating group) is 1. The van der Waals surface area contributed by atoms with Crippen molar-refractivity contribution < 1.29 is 13.9 Å². The number of aryl methyl sites for hydroxylation is 1. The Morgan fingerprint density at radius 3 is 2.81 bits per heavy atom. The second-order valence-electron chi connectivity index (χ2n) is 9.26. The Morgan fingerprint density at radius 2 is 2.05 bits per heavy atom. The predicted octanol–water partition coefficient (Wildman–Crippen LogP) is 5.70. The molecule has 1 saturated heterocycles. The Hall–Kier alpha value is -4.30. The maximum Gasteiger partial charge on any atom is 0.247 e. The summed E-state index contributed by atoms with van der Waals surface area (Å²) in [5.41, 5.74) is 4.05. The van der Waals surface area contributed by atoms with E-state index in [4.69, 9.17) is 4.74 Å². The smallest absolute Gasteiger partial charge is 0.247 e. The lowest BCUT2D eigenvalue weighted by atomic mass is 10.0. The molecule has 0 unspecified atom stereocenters. The molecule has 0 bridgehead atoms. The highest BCUT2D eigenvalue weighted by molar-refractivity contribution is 6.03. The van der Waals surface area contributed by atoms with E-state index in [0.717, 1.165) is 36.3 Å². The van der Waals surface area contributed by atoms with E-state index in [1.165, 1.54) is 18.5 Å². The van der Waals surface area contributed by atoms with Gasteiger partial charge < -0.3 is 20.3 Å². The lowest BCUT2D eigenvalue weighted by Gasteiger charge is -2.18. The summed E-state index contributed by atoms with van der Waals surface area (Å²) < 4.78 is 20.9. The van der Waals surface area contributed by atoms with Crippen LogP contribution in [0.1, 0.15) is 12.0 Å². The van der Waals surface area contributed by atoms with Gasteiger partial charge in [-0.2, -0.15) is 0 Å². The van der Waals surface area contributed by atoms with Gasteiger partial charge in [-0.15, -0.1) is 0 Å². The number of nitrogens with one attached hydrogen (secondary N) is 2. The Morgan fingerprint density at radius 1 is 1.19 bits per heavy atom. The van der Waals surface area contributed by atoms with Crippen LogP contribution in [0, 0.1) is 12.7 Å². The van der Waals surface area contributed by atoms with E-state index < -0.39 is 0 Å². The van der Waals surface area contributed by atoms with Gasteiger partial charge in [0.2, 0.25) is 5.91 Å². The van der Waals surface area contributed by atoms with Gasteiger partial charge in [0.25, 0.3) is 0 Å². The Labute approximate surface area is 215 Å². The van der Waals surface area contributed by atoms with Crippen molar-refractivity contribution in [1.29, 1.82) is 0 Å². The summed E-state index contributed by atoms with van der Waals surface area (Å²) in [6, 6.07) is 16.3. The summed E-state index contributed by atoms with van der Waals surface area (Å²) in [5.74, 6) is 0.484. The van der Waals surface area contributed by atoms with Crippen molar-refractivity contribution in [2.75, 3.05) is 30.8 Å². The van der Waals surface area contributed by atoms with Crippen LogP contribution in [0.2, 0.25) is 0 Å². The zero-order valence-electron chi connectivity index (χ0n) is 20.8. The van der Waals surface area contributed by atoms with Crippen molar-refractivity contribution in [1.82, 2.24) is 14.9 Å². The number of likely N-dealkylation sites (tertiary alicyclic amines) is 1. The highest BCUT2D eigenvalue weighted by Crippen LogP contribution is 2.35. The van der Waals surface area contributed by atoms with Crippen molar-refractivity contribution >= 4 is 34.0 Å². The molecule has 1 fully saturated rings. The number of hydrogen-bond donors (Lipinski definition) is 2. The molecule has 2 N–H and O–H groups in total. The van der Waals surface area contributed by atoms with Crippen LogP contribution in [0.15, 0.2) is 73.6 Å². The molecule has 1 amide bonds. The van der Waals surface area contributed by atoms with E-state index in [2.05, 4.69) is 39.1 Å². The summed E-state index contributed by atoms with van der Waals surface area (Å²) in [5, 5.41) is 6.88. The lowest BCUT2D eigenvalue weighted by molar-refractivity contribution is -0.111. The van der Waals surface area contributed by atoms with E-state index in [9.17, 15) is 9.18 Å². The van der Waals surface area contributed by atoms with Gasteiger partial charge in [0, 0.05) is 35.8 Å². The standard InChI is InChI=1S/C29H28FN5O2/c1-4-28(36)34-26-14-23-25(15-27(26)37-21-10-11-35(3)16-21)31-17-32-29(23)33-20-7-5-6-19(13-20)22-9-8-18(2)12-24(22)30/h4-9,12-15,17,21H,1,10-11,16H2,2-3H3,(H,34,36)(H,31,32,33)/t21-/m1/s1. The van der Waals surface area contributed by atoms with Crippen LogP contribution >= 0.6 is 0 Å². The first-order valence-electron chi connectivity index (χ1n) is 12.1. The molecule has 1 aromatic heterocycles. The number of carbonyl (C=O) groups excluding carboxylic acids is 1. The molecule has 2 heterocycles. The molecular formula is C29H28FN5O2. The summed E-state index contributed by atoms with van der Waals surface area (Å²) >= 11 is 0. The average molecular weight is 498 g/mol. The quantitative estimate of drug-likeness (QED) is 0.319. The first-order chi connectivity index (χ1) is 17.9. The predicted molar refractivity (Wildman–Crippen MR) is 145 cm³/mol. The molecule has 1 aliphatic heterocycles. The Kier molecular flexibility index (Phi) is 6.83. The largest absolute Gasteiger partial charge is 0.487 e. The van der Waals surface area contributed by atoms with E-state index >= 15 is 0 Å². The molecule has 1 atom stereocenters. The number of hydrogen-bond acceptors (Lipinski definition) is 6. The molecule has 0 spiro atoms. The first kappa shape index (κ1) is 24.4. The van der Waals surface area contributed by atoms with Crippen molar-refractivity contribution in [2.45, 2.75) is 19.4 Å². The molecule has 37 heavy (non-hydrogen) atoms. The second-order valence-corrected chi connectivity index (χ2v) is 9.26. The number of nitrogens with zero attached hydrogens (tertiary/aromatic N) is 3. The monoisotopic (exact) mass is 497 g/mol. The van der Waals surface area contributed by atoms with E-state index in [1.807, 2.05) is 43.3 Å². The van der Waals surface area contributed by atoms with Crippen LogP contribution in [0.4, 0.5) is 21.6 Å². The molecule has 188 valence electrons. The second kappa shape index (κ2) is 10.4. The zero-order chi connectivity index (χ0) is 25.9. The van der Waals surface area contributed by atoms with Gasteiger partial charge in [-0.25, -0.2) is 14.4 Å². The topological polar surface area (TPSA) is 79.4 Å². The number of fused-ring (bicyclic) bond motifs is 1. The maximum atomic E-state index is 14.6. The number of ether oxygens (including phenoxy) is 1. The van der Waals surface area contributed by atoms with E-state index in [-0.39, 0.29) is 17.8 Å². The van der Waals surface area contributed by atoms with Gasteiger partial charge in [0.1, 0.15) is 29.8 Å². The summed E-state index contributed by atoms with van der Waals surface area (Å²) in [7, 11) is 2.05. The number of halogens is 1. The van der Waals surface area contributed by atoms with Gasteiger partial charge in [-0.05, 0) is 61.9 Å². The first-order valence-corrected chi connectivity index (χ1v) is 12.1. The van der Waals surface area contributed by atoms with Crippen LogP contribution in [0.5, 0.6) is 5.75 Å². The number of rotatable bonds is 7. The SMILES string of the molecule is C=CC(=O)Nc1cc2c(Nc3cccc(-c4ccc(C)cc4F)c3)ncnc2cc1O[C@@H]1CCN(C)C1. The maximum absolute atomic E-state index is 14.6. The molecule has 0 aliphatic carbocycles. The minimum absolute atomic E-state index is 0.0196. The van der Waals surface area contributed by atoms with Gasteiger partial charge in [-0.3, -0.25) is 4.79 Å². The van der Waals surface area contributed by atoms with Gasteiger partial charge >= 0.3 is 0 Å². The van der Waals surface area contributed by atoms with Crippen molar-refractivity contribution in [2.24, 2.45) is 0 Å². The third-order valence-electron chi connectivity index (χ3n) is 6.38. The van der Waals surface area contributed by atoms with Crippen molar-refractivity contribution in [3.8, 4) is 16.9 Å². The lowest BCUT2D eigenvalue weighted by Crippen LogP contribution is -2.22. The normalized spacial score (nSPS) is 15.5. The van der Waals surface area contributed by atoms with E-state index in [1.54, 1.807) is 12.1 Å². The van der Waals surface area contributed by atoms with Crippen molar-refractivity contribution in [3.63, 3.8) is 0 Å². The highest BCUT2D eigenvalue weighted by Gasteiger charge is 2.23. The fourth-order valence-corrected chi connectivity index (χ4v) is 4.49. The van der Waals surface area contributed by atoms with Crippen LogP contribution in [-0.2, 0) is 4.79 Å².